The van der Waals surface area contributed by atoms with Crippen molar-refractivity contribution >= 4 is 11.8 Å². The van der Waals surface area contributed by atoms with Gasteiger partial charge in [-0.25, -0.2) is 4.79 Å². The molecule has 0 saturated heterocycles. The van der Waals surface area contributed by atoms with Gasteiger partial charge in [0.2, 0.25) is 0 Å². The highest BCUT2D eigenvalue weighted by molar-refractivity contribution is 6.40. The van der Waals surface area contributed by atoms with E-state index in [4.69, 9.17) is 4.74 Å². The van der Waals surface area contributed by atoms with E-state index in [9.17, 15) is 9.59 Å². The molecule has 0 fully saturated rings. The third-order valence-corrected chi connectivity index (χ3v) is 2.78. The first kappa shape index (κ1) is 13.5. The molecule has 1 rings (SSSR count). The van der Waals surface area contributed by atoms with Gasteiger partial charge < -0.3 is 9.72 Å². The Morgan fingerprint density at radius 2 is 1.88 bits per heavy atom. The van der Waals surface area contributed by atoms with Crippen LogP contribution in [0.2, 0.25) is 0 Å². The Hall–Kier alpha value is -1.58. The topological polar surface area (TPSA) is 59.2 Å². The molecule has 0 aliphatic rings. The number of rotatable bonds is 5. The van der Waals surface area contributed by atoms with Crippen molar-refractivity contribution in [3.8, 4) is 0 Å². The summed E-state index contributed by atoms with van der Waals surface area (Å²) >= 11 is 0. The van der Waals surface area contributed by atoms with Gasteiger partial charge in [0.25, 0.3) is 5.78 Å². The first-order valence-corrected chi connectivity index (χ1v) is 5.92. The molecule has 94 valence electrons. The van der Waals surface area contributed by atoms with Crippen molar-refractivity contribution in [1.82, 2.24) is 4.98 Å². The van der Waals surface area contributed by atoms with Gasteiger partial charge in [0.1, 0.15) is 0 Å². The minimum absolute atomic E-state index is 0.213. The lowest BCUT2D eigenvalue weighted by molar-refractivity contribution is -0.137. The number of Topliss-reactive ketones (excluding diaryl/α,β-unsaturated/α-hetero) is 1. The van der Waals surface area contributed by atoms with Crippen molar-refractivity contribution in [2.24, 2.45) is 0 Å². The van der Waals surface area contributed by atoms with Gasteiger partial charge in [-0.3, -0.25) is 4.79 Å². The van der Waals surface area contributed by atoms with E-state index in [1.54, 1.807) is 6.92 Å². The van der Waals surface area contributed by atoms with Crippen LogP contribution >= 0.6 is 0 Å². The lowest BCUT2D eigenvalue weighted by atomic mass is 10.0. The molecular formula is C13H19NO3. The van der Waals surface area contributed by atoms with Crippen LogP contribution in [0, 0.1) is 13.8 Å². The van der Waals surface area contributed by atoms with Gasteiger partial charge in [-0.15, -0.1) is 0 Å². The predicted octanol–water partition coefficient (Wildman–Crippen LogP) is 2.33. The SMILES string of the molecule is CCCc1c(C)[nH]c(C(=O)C(=O)OCC)c1C. The zero-order valence-corrected chi connectivity index (χ0v) is 10.8. The minimum Gasteiger partial charge on any atom is -0.460 e. The first-order chi connectivity index (χ1) is 8.02. The molecule has 17 heavy (non-hydrogen) atoms. The maximum atomic E-state index is 11.8. The molecule has 0 unspecified atom stereocenters. The largest absolute Gasteiger partial charge is 0.460 e. The molecular weight excluding hydrogens is 218 g/mol. The monoisotopic (exact) mass is 237 g/mol. The summed E-state index contributed by atoms with van der Waals surface area (Å²) in [6, 6.07) is 0. The third-order valence-electron chi connectivity index (χ3n) is 2.78. The first-order valence-electron chi connectivity index (χ1n) is 5.92. The molecule has 4 heteroatoms. The van der Waals surface area contributed by atoms with E-state index >= 15 is 0 Å². The Balaban J connectivity index is 3.03. The van der Waals surface area contributed by atoms with E-state index in [1.807, 2.05) is 13.8 Å². The smallest absolute Gasteiger partial charge is 0.381 e. The van der Waals surface area contributed by atoms with Crippen molar-refractivity contribution in [2.75, 3.05) is 6.61 Å². The number of hydrogen-bond acceptors (Lipinski definition) is 3. The summed E-state index contributed by atoms with van der Waals surface area (Å²) in [4.78, 5) is 26.2. The standard InChI is InChI=1S/C13H19NO3/c1-5-7-10-8(3)11(14-9(10)4)12(15)13(16)17-6-2/h14H,5-7H2,1-4H3. The van der Waals surface area contributed by atoms with Crippen LogP contribution in [0.3, 0.4) is 0 Å². The molecule has 0 aromatic carbocycles. The fourth-order valence-corrected chi connectivity index (χ4v) is 1.94. The Kier molecular flexibility index (Phi) is 4.49. The molecule has 0 aliphatic heterocycles. The lowest BCUT2D eigenvalue weighted by Gasteiger charge is -2.01. The van der Waals surface area contributed by atoms with Crippen LogP contribution in [0.15, 0.2) is 0 Å². The number of hydrogen-bond donors (Lipinski definition) is 1. The second-order valence-electron chi connectivity index (χ2n) is 4.03. The summed E-state index contributed by atoms with van der Waals surface area (Å²) in [5.41, 5.74) is 3.31. The summed E-state index contributed by atoms with van der Waals surface area (Å²) in [7, 11) is 0. The quantitative estimate of drug-likeness (QED) is 0.485. The number of carbonyl (C=O) groups excluding carboxylic acids is 2. The van der Waals surface area contributed by atoms with Gasteiger partial charge in [-0.05, 0) is 38.3 Å². The molecule has 0 bridgehead atoms. The second kappa shape index (κ2) is 5.66. The average Bonchev–Trinajstić information content (AvgIpc) is 2.57. The molecule has 0 spiro atoms. The summed E-state index contributed by atoms with van der Waals surface area (Å²) < 4.78 is 4.71. The van der Waals surface area contributed by atoms with E-state index < -0.39 is 11.8 Å². The number of nitrogens with one attached hydrogen (secondary N) is 1. The third kappa shape index (κ3) is 2.75. The molecule has 0 saturated carbocycles. The average molecular weight is 237 g/mol. The molecule has 4 nitrogen and oxygen atoms in total. The highest BCUT2D eigenvalue weighted by Gasteiger charge is 2.23. The number of ketones is 1. The predicted molar refractivity (Wildman–Crippen MR) is 65.2 cm³/mol. The van der Waals surface area contributed by atoms with Crippen LogP contribution < -0.4 is 0 Å². The number of esters is 1. The van der Waals surface area contributed by atoms with Gasteiger partial charge in [0, 0.05) is 5.69 Å². The van der Waals surface area contributed by atoms with Crippen LogP contribution in [-0.4, -0.2) is 23.3 Å². The number of H-pyrrole nitrogens is 1. The second-order valence-corrected chi connectivity index (χ2v) is 4.03. The van der Waals surface area contributed by atoms with Crippen molar-refractivity contribution in [3.63, 3.8) is 0 Å². The summed E-state index contributed by atoms with van der Waals surface area (Å²) in [5.74, 6) is -1.38. The van der Waals surface area contributed by atoms with Crippen LogP contribution in [0.1, 0.15) is 47.6 Å². The maximum absolute atomic E-state index is 11.8. The van der Waals surface area contributed by atoms with Gasteiger partial charge >= 0.3 is 5.97 Å². The zero-order valence-electron chi connectivity index (χ0n) is 10.8. The van der Waals surface area contributed by atoms with Crippen LogP contribution in [-0.2, 0) is 16.0 Å². The number of aromatic nitrogens is 1. The Morgan fingerprint density at radius 3 is 2.41 bits per heavy atom. The van der Waals surface area contributed by atoms with Crippen molar-refractivity contribution in [3.05, 3.63) is 22.5 Å². The van der Waals surface area contributed by atoms with E-state index in [1.165, 1.54) is 0 Å². The molecule has 0 atom stereocenters. The van der Waals surface area contributed by atoms with Gasteiger partial charge in [0.05, 0.1) is 12.3 Å². The number of carbonyl (C=O) groups is 2. The molecule has 0 radical (unpaired) electrons. The highest BCUT2D eigenvalue weighted by atomic mass is 16.5. The molecule has 1 heterocycles. The summed E-state index contributed by atoms with van der Waals surface area (Å²) in [6.45, 7) is 7.76. The summed E-state index contributed by atoms with van der Waals surface area (Å²) in [6.07, 6.45) is 1.91. The van der Waals surface area contributed by atoms with Crippen LogP contribution in [0.4, 0.5) is 0 Å². The van der Waals surface area contributed by atoms with Crippen molar-refractivity contribution in [2.45, 2.75) is 40.5 Å². The lowest BCUT2D eigenvalue weighted by Crippen LogP contribution is -2.18. The van der Waals surface area contributed by atoms with Gasteiger partial charge in [0.15, 0.2) is 0 Å². The number of aryl methyl sites for hydroxylation is 1. The van der Waals surface area contributed by atoms with E-state index in [2.05, 4.69) is 11.9 Å². The Bertz CT molecular complexity index is 432. The van der Waals surface area contributed by atoms with Crippen LogP contribution in [0.5, 0.6) is 0 Å². The zero-order chi connectivity index (χ0) is 13.0. The minimum atomic E-state index is -0.792. The molecule has 1 N–H and O–H groups in total. The van der Waals surface area contributed by atoms with E-state index in [-0.39, 0.29) is 6.61 Å². The summed E-state index contributed by atoms with van der Waals surface area (Å²) in [5, 5.41) is 0. The fourth-order valence-electron chi connectivity index (χ4n) is 1.94. The molecule has 1 aromatic rings. The Morgan fingerprint density at radius 1 is 1.24 bits per heavy atom. The highest BCUT2D eigenvalue weighted by Crippen LogP contribution is 2.20. The van der Waals surface area contributed by atoms with Gasteiger partial charge in [-0.2, -0.15) is 0 Å². The van der Waals surface area contributed by atoms with Crippen molar-refractivity contribution in [1.29, 1.82) is 0 Å². The molecule has 0 amide bonds. The maximum Gasteiger partial charge on any atom is 0.381 e. The van der Waals surface area contributed by atoms with E-state index in [0.717, 1.165) is 29.7 Å². The molecule has 1 aromatic heterocycles. The normalized spacial score (nSPS) is 10.4. The van der Waals surface area contributed by atoms with Gasteiger partial charge in [-0.1, -0.05) is 13.3 Å². The fraction of sp³-hybridized carbons (Fsp3) is 0.538. The van der Waals surface area contributed by atoms with E-state index in [0.29, 0.717) is 5.69 Å². The van der Waals surface area contributed by atoms with Crippen molar-refractivity contribution < 1.29 is 14.3 Å². The number of aromatic amines is 1. The Labute approximate surface area is 101 Å². The molecule has 0 aliphatic carbocycles. The number of ether oxygens (including phenoxy) is 1. The van der Waals surface area contributed by atoms with Crippen LogP contribution in [0.25, 0.3) is 0 Å².